The van der Waals surface area contributed by atoms with Crippen LogP contribution in [-0.2, 0) is 23.7 Å². The fourth-order valence-electron chi connectivity index (χ4n) is 4.45. The van der Waals surface area contributed by atoms with E-state index in [1.165, 1.54) is 18.0 Å². The Morgan fingerprint density at radius 1 is 1.17 bits per heavy atom. The summed E-state index contributed by atoms with van der Waals surface area (Å²) in [5, 5.41) is 19.2. The van der Waals surface area contributed by atoms with Crippen LogP contribution in [0, 0.1) is 17.5 Å². The smallest absolute Gasteiger partial charge is 0.308 e. The molecule has 3 aromatic rings. The third-order valence-electron chi connectivity index (χ3n) is 6.24. The number of carbonyl (C=O) groups excluding carboxylic acids is 1. The molecule has 0 bridgehead atoms. The van der Waals surface area contributed by atoms with Gasteiger partial charge in [0, 0.05) is 11.1 Å². The molecular weight excluding hydrogens is 483 g/mol. The van der Waals surface area contributed by atoms with Crippen LogP contribution in [-0.4, -0.2) is 64.2 Å². The molecule has 6 atom stereocenters. The van der Waals surface area contributed by atoms with Crippen molar-refractivity contribution in [2.45, 2.75) is 43.2 Å². The molecule has 0 spiro atoms. The summed E-state index contributed by atoms with van der Waals surface area (Å²) >= 11 is 0. The summed E-state index contributed by atoms with van der Waals surface area (Å²) in [7, 11) is 1.22. The van der Waals surface area contributed by atoms with E-state index in [-0.39, 0.29) is 24.3 Å². The van der Waals surface area contributed by atoms with Gasteiger partial charge in [-0.05, 0) is 12.1 Å². The lowest BCUT2D eigenvalue weighted by Gasteiger charge is -2.48. The van der Waals surface area contributed by atoms with Gasteiger partial charge in [-0.15, -0.1) is 5.10 Å². The van der Waals surface area contributed by atoms with Gasteiger partial charge in [-0.1, -0.05) is 35.5 Å². The number of hydrogen-bond donors (Lipinski definition) is 1. The SMILES string of the molecule is COC(=O)CC1OC2COC(c3ccccc3)OC2C(n2cc(-c3cc(F)c(F)c(F)c3)nn2)C1O. The number of esters is 1. The van der Waals surface area contributed by atoms with Crippen molar-refractivity contribution in [2.75, 3.05) is 13.7 Å². The summed E-state index contributed by atoms with van der Waals surface area (Å²) in [6, 6.07) is 9.84. The first-order valence-corrected chi connectivity index (χ1v) is 11.1. The number of hydrogen-bond acceptors (Lipinski definition) is 8. The van der Waals surface area contributed by atoms with Crippen LogP contribution in [0.3, 0.4) is 0 Å². The molecule has 5 rings (SSSR count). The Kier molecular flexibility index (Phi) is 6.75. The fraction of sp³-hybridized carbons (Fsp3) is 0.375. The van der Waals surface area contributed by atoms with Gasteiger partial charge in [0.05, 0.1) is 32.4 Å². The highest BCUT2D eigenvalue weighted by Gasteiger charge is 2.51. The standard InChI is InChI=1S/C24H22F3N3O6/c1-33-19(31)9-17-22(32)21(23-18(35-17)11-34-24(36-23)12-5-3-2-4-6-12)30-10-16(28-29-30)13-7-14(25)20(27)15(26)8-13/h2-8,10,17-18,21-24,32H,9,11H2,1H3. The van der Waals surface area contributed by atoms with Crippen molar-refractivity contribution < 1.29 is 42.0 Å². The van der Waals surface area contributed by atoms with Crippen LogP contribution in [0.25, 0.3) is 11.3 Å². The molecule has 1 N–H and O–H groups in total. The molecule has 2 aliphatic rings. The minimum atomic E-state index is -1.60. The predicted octanol–water partition coefficient (Wildman–Crippen LogP) is 2.71. The normalized spacial score (nSPS) is 27.9. The molecule has 0 saturated carbocycles. The van der Waals surface area contributed by atoms with Gasteiger partial charge in [-0.3, -0.25) is 4.79 Å². The van der Waals surface area contributed by atoms with Crippen molar-refractivity contribution in [1.29, 1.82) is 0 Å². The largest absolute Gasteiger partial charge is 0.469 e. The average molecular weight is 505 g/mol. The average Bonchev–Trinajstić information content (AvgIpc) is 3.37. The molecule has 2 aliphatic heterocycles. The topological polar surface area (TPSA) is 105 Å². The highest BCUT2D eigenvalue weighted by atomic mass is 19.2. The van der Waals surface area contributed by atoms with Gasteiger partial charge < -0.3 is 24.1 Å². The molecule has 0 radical (unpaired) electrons. The van der Waals surface area contributed by atoms with Gasteiger partial charge in [0.1, 0.15) is 30.0 Å². The zero-order valence-electron chi connectivity index (χ0n) is 19.0. The van der Waals surface area contributed by atoms with Crippen molar-refractivity contribution in [2.24, 2.45) is 0 Å². The van der Waals surface area contributed by atoms with E-state index in [4.69, 9.17) is 18.9 Å². The molecular formula is C24H22F3N3O6. The molecule has 9 nitrogen and oxygen atoms in total. The number of carbonyl (C=O) groups is 1. The van der Waals surface area contributed by atoms with E-state index in [2.05, 4.69) is 10.3 Å². The van der Waals surface area contributed by atoms with E-state index in [0.717, 1.165) is 17.7 Å². The van der Waals surface area contributed by atoms with E-state index in [9.17, 15) is 23.1 Å². The second-order valence-electron chi connectivity index (χ2n) is 8.49. The summed E-state index contributed by atoms with van der Waals surface area (Å²) in [5.41, 5.74) is 0.744. The Balaban J connectivity index is 1.49. The lowest BCUT2D eigenvalue weighted by atomic mass is 9.90. The third-order valence-corrected chi connectivity index (χ3v) is 6.24. The molecule has 1 aromatic heterocycles. The molecule has 0 aliphatic carbocycles. The van der Waals surface area contributed by atoms with Crippen LogP contribution in [0.4, 0.5) is 13.2 Å². The minimum absolute atomic E-state index is 0.0410. The summed E-state index contributed by atoms with van der Waals surface area (Å²) in [4.78, 5) is 11.9. The number of methoxy groups -OCH3 is 1. The maximum Gasteiger partial charge on any atom is 0.308 e. The van der Waals surface area contributed by atoms with E-state index >= 15 is 0 Å². The summed E-state index contributed by atoms with van der Waals surface area (Å²) in [6.07, 6.45) is -3.38. The lowest BCUT2D eigenvalue weighted by molar-refractivity contribution is -0.316. The van der Waals surface area contributed by atoms with Gasteiger partial charge in [0.15, 0.2) is 23.7 Å². The number of rotatable bonds is 5. The summed E-state index contributed by atoms with van der Waals surface area (Å²) in [6.45, 7) is 0.0983. The Labute approximate surface area is 203 Å². The molecule has 190 valence electrons. The van der Waals surface area contributed by atoms with E-state index in [1.807, 2.05) is 30.3 Å². The molecule has 6 unspecified atom stereocenters. The molecule has 12 heteroatoms. The van der Waals surface area contributed by atoms with Crippen molar-refractivity contribution in [3.8, 4) is 11.3 Å². The van der Waals surface area contributed by atoms with Crippen LogP contribution in [0.15, 0.2) is 48.7 Å². The Hall–Kier alpha value is -3.32. The second-order valence-corrected chi connectivity index (χ2v) is 8.49. The molecule has 3 heterocycles. The predicted molar refractivity (Wildman–Crippen MR) is 116 cm³/mol. The zero-order chi connectivity index (χ0) is 25.4. The van der Waals surface area contributed by atoms with Crippen LogP contribution >= 0.6 is 0 Å². The van der Waals surface area contributed by atoms with Crippen LogP contribution < -0.4 is 0 Å². The molecule has 0 amide bonds. The highest BCUT2D eigenvalue weighted by Crippen LogP contribution is 2.40. The maximum atomic E-state index is 13.8. The third kappa shape index (κ3) is 4.60. The van der Waals surface area contributed by atoms with Crippen molar-refractivity contribution in [3.63, 3.8) is 0 Å². The molecule has 36 heavy (non-hydrogen) atoms. The Morgan fingerprint density at radius 2 is 1.89 bits per heavy atom. The minimum Gasteiger partial charge on any atom is -0.469 e. The maximum absolute atomic E-state index is 13.8. The van der Waals surface area contributed by atoms with E-state index in [0.29, 0.717) is 0 Å². The Bertz CT molecular complexity index is 1220. The first-order valence-electron chi connectivity index (χ1n) is 11.1. The first-order chi connectivity index (χ1) is 17.4. The Morgan fingerprint density at radius 3 is 2.58 bits per heavy atom. The lowest BCUT2D eigenvalue weighted by Crippen LogP contribution is -2.59. The molecule has 2 fully saturated rings. The number of aliphatic hydroxyl groups excluding tert-OH is 1. The van der Waals surface area contributed by atoms with Gasteiger partial charge in [0.2, 0.25) is 0 Å². The van der Waals surface area contributed by atoms with Crippen molar-refractivity contribution in [1.82, 2.24) is 15.0 Å². The quantitative estimate of drug-likeness (QED) is 0.417. The number of ether oxygens (including phenoxy) is 4. The number of nitrogens with zero attached hydrogens (tertiary/aromatic N) is 3. The first kappa shape index (κ1) is 24.4. The molecule has 2 aromatic carbocycles. The van der Waals surface area contributed by atoms with E-state index in [1.54, 1.807) is 0 Å². The monoisotopic (exact) mass is 505 g/mol. The summed E-state index contributed by atoms with van der Waals surface area (Å²) in [5.74, 6) is -4.93. The van der Waals surface area contributed by atoms with Crippen LogP contribution in [0.1, 0.15) is 24.3 Å². The second kappa shape index (κ2) is 9.97. The molecule has 2 saturated heterocycles. The highest BCUT2D eigenvalue weighted by molar-refractivity contribution is 5.69. The van der Waals surface area contributed by atoms with Gasteiger partial charge >= 0.3 is 5.97 Å². The number of aromatic nitrogens is 3. The summed E-state index contributed by atoms with van der Waals surface area (Å²) < 4.78 is 64.9. The number of benzene rings is 2. The van der Waals surface area contributed by atoms with Gasteiger partial charge in [0.25, 0.3) is 0 Å². The number of aliphatic hydroxyl groups is 1. The number of halogens is 3. The van der Waals surface area contributed by atoms with Gasteiger partial charge in [-0.2, -0.15) is 0 Å². The van der Waals surface area contributed by atoms with E-state index < -0.39 is 60.2 Å². The van der Waals surface area contributed by atoms with Crippen LogP contribution in [0.2, 0.25) is 0 Å². The fourth-order valence-corrected chi connectivity index (χ4v) is 4.45. The zero-order valence-corrected chi connectivity index (χ0v) is 19.0. The van der Waals surface area contributed by atoms with Crippen LogP contribution in [0.5, 0.6) is 0 Å². The van der Waals surface area contributed by atoms with Crippen molar-refractivity contribution in [3.05, 3.63) is 71.7 Å². The van der Waals surface area contributed by atoms with Gasteiger partial charge in [-0.25, -0.2) is 17.9 Å². The van der Waals surface area contributed by atoms with Crippen molar-refractivity contribution >= 4 is 5.97 Å². The number of fused-ring (bicyclic) bond motifs is 1.